The molecule has 0 spiro atoms. The Morgan fingerprint density at radius 1 is 1.33 bits per heavy atom. The van der Waals surface area contributed by atoms with Crippen molar-refractivity contribution < 1.29 is 24.0 Å². The van der Waals surface area contributed by atoms with E-state index < -0.39 is 34.2 Å². The first-order valence-corrected chi connectivity index (χ1v) is 8.77. The fourth-order valence-corrected chi connectivity index (χ4v) is 3.74. The Hall–Kier alpha value is -2.90. The van der Waals surface area contributed by atoms with Crippen molar-refractivity contribution in [3.05, 3.63) is 51.6 Å². The lowest BCUT2D eigenvalue weighted by molar-refractivity contribution is -0.577. The van der Waals surface area contributed by atoms with Crippen molar-refractivity contribution in [1.29, 1.82) is 0 Å². The van der Waals surface area contributed by atoms with Gasteiger partial charge in [0, 0.05) is 11.3 Å². The van der Waals surface area contributed by atoms with Crippen LogP contribution in [-0.4, -0.2) is 35.2 Å². The first kappa shape index (κ1) is 18.9. The van der Waals surface area contributed by atoms with Gasteiger partial charge in [-0.2, -0.15) is 0 Å². The molecular formula is C19H22N2O6. The molecule has 0 N–H and O–H groups in total. The fraction of sp³-hybridized carbons (Fsp3) is 0.474. The van der Waals surface area contributed by atoms with E-state index in [4.69, 9.17) is 9.47 Å². The van der Waals surface area contributed by atoms with E-state index in [1.54, 1.807) is 52.0 Å². The normalized spacial score (nSPS) is 23.3. The Balaban J connectivity index is 2.16. The van der Waals surface area contributed by atoms with Gasteiger partial charge in [-0.05, 0) is 39.8 Å². The predicted molar refractivity (Wildman–Crippen MR) is 96.9 cm³/mol. The van der Waals surface area contributed by atoms with Crippen molar-refractivity contribution >= 4 is 17.7 Å². The van der Waals surface area contributed by atoms with Crippen LogP contribution >= 0.6 is 0 Å². The summed E-state index contributed by atoms with van der Waals surface area (Å²) in [4.78, 5) is 38.4. The number of carbonyl (C=O) groups excluding carboxylic acids is 2. The first-order valence-electron chi connectivity index (χ1n) is 8.77. The molecule has 0 saturated carbocycles. The second-order valence-electron chi connectivity index (χ2n) is 7.54. The summed E-state index contributed by atoms with van der Waals surface area (Å²) in [5.74, 6) is -0.660. The molecule has 0 aromatic heterocycles. The third-order valence-corrected chi connectivity index (χ3v) is 4.70. The van der Waals surface area contributed by atoms with Gasteiger partial charge >= 0.3 is 12.1 Å². The highest BCUT2D eigenvalue weighted by Gasteiger charge is 2.67. The summed E-state index contributed by atoms with van der Waals surface area (Å²) in [5, 5.41) is 12.2. The molecule has 0 fully saturated rings. The number of ether oxygens (including phenoxy) is 2. The number of amides is 1. The molecule has 1 aromatic rings. The molecule has 1 aromatic carbocycles. The lowest BCUT2D eigenvalue weighted by Gasteiger charge is -2.30. The second-order valence-corrected chi connectivity index (χ2v) is 7.54. The molecular weight excluding hydrogens is 352 g/mol. The van der Waals surface area contributed by atoms with E-state index in [1.807, 2.05) is 0 Å². The summed E-state index contributed by atoms with van der Waals surface area (Å²) in [6.45, 7) is 6.93. The van der Waals surface area contributed by atoms with E-state index in [0.29, 0.717) is 11.3 Å². The Morgan fingerprint density at radius 3 is 2.59 bits per heavy atom. The zero-order valence-electron chi connectivity index (χ0n) is 15.7. The van der Waals surface area contributed by atoms with Gasteiger partial charge in [-0.15, -0.1) is 0 Å². The lowest BCUT2D eigenvalue weighted by Crippen LogP contribution is -2.52. The van der Waals surface area contributed by atoms with Gasteiger partial charge in [0.25, 0.3) is 5.54 Å². The Bertz CT molecular complexity index is 841. The van der Waals surface area contributed by atoms with Crippen LogP contribution in [0.15, 0.2) is 35.9 Å². The number of nitro groups is 1. The van der Waals surface area contributed by atoms with Crippen LogP contribution in [0, 0.1) is 10.1 Å². The van der Waals surface area contributed by atoms with Gasteiger partial charge < -0.3 is 9.47 Å². The Labute approximate surface area is 156 Å². The summed E-state index contributed by atoms with van der Waals surface area (Å²) in [6, 6.07) is 5.52. The molecule has 1 aliphatic carbocycles. The maximum Gasteiger partial charge on any atom is 0.415 e. The molecule has 2 atom stereocenters. The topological polar surface area (TPSA) is 99.0 Å². The zero-order valence-corrected chi connectivity index (χ0v) is 15.7. The van der Waals surface area contributed by atoms with E-state index in [-0.39, 0.29) is 18.6 Å². The minimum atomic E-state index is -1.63. The van der Waals surface area contributed by atoms with Gasteiger partial charge in [-0.25, -0.2) is 9.59 Å². The Morgan fingerprint density at radius 2 is 2.00 bits per heavy atom. The third kappa shape index (κ3) is 2.85. The standard InChI is InChI=1S/C19H22N2O6/c1-5-26-16(22)12-10-11-19(21(24)25)13-8-6-7-9-14(13)20(15(12)19)17(23)27-18(2,3)4/h6-10,15H,5,11H2,1-4H3/t15-,19-/m1/s1. The molecule has 0 unspecified atom stereocenters. The molecule has 2 aliphatic rings. The molecule has 1 amide bonds. The van der Waals surface area contributed by atoms with Gasteiger partial charge in [-0.3, -0.25) is 15.0 Å². The summed E-state index contributed by atoms with van der Waals surface area (Å²) in [5.41, 5.74) is -1.55. The van der Waals surface area contributed by atoms with Crippen molar-refractivity contribution in [3.63, 3.8) is 0 Å². The molecule has 1 aliphatic heterocycles. The van der Waals surface area contributed by atoms with Crippen LogP contribution in [0.4, 0.5) is 10.5 Å². The molecule has 0 saturated heterocycles. The highest BCUT2D eigenvalue weighted by Crippen LogP contribution is 2.54. The van der Waals surface area contributed by atoms with Gasteiger partial charge in [0.05, 0.1) is 23.4 Å². The van der Waals surface area contributed by atoms with Crippen molar-refractivity contribution in [2.45, 2.75) is 51.3 Å². The molecule has 27 heavy (non-hydrogen) atoms. The van der Waals surface area contributed by atoms with Crippen LogP contribution < -0.4 is 4.90 Å². The second kappa shape index (κ2) is 6.37. The van der Waals surface area contributed by atoms with E-state index in [0.717, 1.165) is 0 Å². The zero-order chi connectivity index (χ0) is 20.0. The number of hydrogen-bond donors (Lipinski definition) is 0. The van der Waals surface area contributed by atoms with Crippen LogP contribution in [-0.2, 0) is 19.8 Å². The van der Waals surface area contributed by atoms with Gasteiger partial charge in [0.1, 0.15) is 11.6 Å². The van der Waals surface area contributed by atoms with Crippen LogP contribution in [0.3, 0.4) is 0 Å². The third-order valence-electron chi connectivity index (χ3n) is 4.70. The Kier molecular flexibility index (Phi) is 4.45. The number of benzene rings is 1. The van der Waals surface area contributed by atoms with E-state index >= 15 is 0 Å². The summed E-state index contributed by atoms with van der Waals surface area (Å²) in [7, 11) is 0. The van der Waals surface area contributed by atoms with Crippen LogP contribution in [0.25, 0.3) is 0 Å². The maximum absolute atomic E-state index is 13.0. The fourth-order valence-electron chi connectivity index (χ4n) is 3.74. The smallest absolute Gasteiger partial charge is 0.415 e. The summed E-state index contributed by atoms with van der Waals surface area (Å²) >= 11 is 0. The molecule has 144 valence electrons. The van der Waals surface area contributed by atoms with Crippen molar-refractivity contribution in [1.82, 2.24) is 0 Å². The van der Waals surface area contributed by atoms with Gasteiger partial charge in [-0.1, -0.05) is 18.2 Å². The van der Waals surface area contributed by atoms with Gasteiger partial charge in [0.15, 0.2) is 0 Å². The van der Waals surface area contributed by atoms with Gasteiger partial charge in [0.2, 0.25) is 0 Å². The number of para-hydroxylation sites is 1. The first-order chi connectivity index (χ1) is 12.6. The van der Waals surface area contributed by atoms with Crippen molar-refractivity contribution in [3.8, 4) is 0 Å². The van der Waals surface area contributed by atoms with Crippen LogP contribution in [0.2, 0.25) is 0 Å². The number of carbonyl (C=O) groups is 2. The largest absolute Gasteiger partial charge is 0.463 e. The molecule has 0 bridgehead atoms. The number of nitrogens with zero attached hydrogens (tertiary/aromatic N) is 2. The lowest BCUT2D eigenvalue weighted by atomic mass is 9.86. The molecule has 1 heterocycles. The monoisotopic (exact) mass is 374 g/mol. The molecule has 8 heteroatoms. The number of anilines is 1. The van der Waals surface area contributed by atoms with E-state index in [2.05, 4.69) is 0 Å². The number of fused-ring (bicyclic) bond motifs is 3. The predicted octanol–water partition coefficient (Wildman–Crippen LogP) is 3.18. The van der Waals surface area contributed by atoms with Crippen molar-refractivity contribution in [2.24, 2.45) is 0 Å². The molecule has 3 rings (SSSR count). The number of hydrogen-bond acceptors (Lipinski definition) is 6. The molecule has 0 radical (unpaired) electrons. The average molecular weight is 374 g/mol. The molecule has 8 nitrogen and oxygen atoms in total. The SMILES string of the molecule is CCOC(=O)C1=CC[C@@]2([N+](=O)[O-])c3ccccc3N(C(=O)OC(C)(C)C)[C@H]12. The summed E-state index contributed by atoms with van der Waals surface area (Å²) in [6.07, 6.45) is 0.759. The average Bonchev–Trinajstić information content (AvgIpc) is 3.07. The minimum Gasteiger partial charge on any atom is -0.463 e. The quantitative estimate of drug-likeness (QED) is 0.458. The highest BCUT2D eigenvalue weighted by molar-refractivity contribution is 6.00. The van der Waals surface area contributed by atoms with E-state index in [9.17, 15) is 19.7 Å². The minimum absolute atomic E-state index is 0.00484. The van der Waals surface area contributed by atoms with Crippen molar-refractivity contribution in [2.75, 3.05) is 11.5 Å². The number of esters is 1. The van der Waals surface area contributed by atoms with Crippen LogP contribution in [0.5, 0.6) is 0 Å². The maximum atomic E-state index is 13.0. The number of rotatable bonds is 3. The highest BCUT2D eigenvalue weighted by atomic mass is 16.6. The van der Waals surface area contributed by atoms with E-state index in [1.165, 1.54) is 11.0 Å². The van der Waals surface area contributed by atoms with Crippen LogP contribution in [0.1, 0.15) is 39.7 Å². The summed E-state index contributed by atoms with van der Waals surface area (Å²) < 4.78 is 10.6.